The van der Waals surface area contributed by atoms with Crippen molar-refractivity contribution in [2.45, 2.75) is 19.3 Å². The van der Waals surface area contributed by atoms with Crippen LogP contribution in [0.15, 0.2) is 60.9 Å². The molecule has 2 amide bonds. The molecule has 4 aromatic rings. The Labute approximate surface area is 187 Å². The van der Waals surface area contributed by atoms with Gasteiger partial charge in [0.05, 0.1) is 5.56 Å². The van der Waals surface area contributed by atoms with Crippen LogP contribution >= 0.6 is 0 Å². The number of carbonyl (C=O) groups excluding carboxylic acids is 2. The molecular weight excluding hydrogens is 402 g/mol. The zero-order valence-corrected chi connectivity index (χ0v) is 18.0. The van der Waals surface area contributed by atoms with Crippen molar-refractivity contribution in [3.05, 3.63) is 72.1 Å². The smallest absolute Gasteiger partial charge is 0.253 e. The van der Waals surface area contributed by atoms with Crippen LogP contribution in [0.4, 0.5) is 0 Å². The number of carbonyl (C=O) groups is 2. The van der Waals surface area contributed by atoms with E-state index in [4.69, 9.17) is 0 Å². The molecule has 0 aliphatic rings. The lowest BCUT2D eigenvalue weighted by atomic mass is 10.1. The van der Waals surface area contributed by atoms with Crippen molar-refractivity contribution < 1.29 is 9.59 Å². The molecule has 0 unspecified atom stereocenters. The monoisotopic (exact) mass is 431 g/mol. The molecule has 32 heavy (non-hydrogen) atoms. The van der Waals surface area contributed by atoms with Gasteiger partial charge in [0.1, 0.15) is 0 Å². The van der Waals surface area contributed by atoms with E-state index in [0.29, 0.717) is 38.2 Å². The Kier molecular flexibility index (Phi) is 7.19. The van der Waals surface area contributed by atoms with Gasteiger partial charge < -0.3 is 25.9 Å². The number of nitrogens with one attached hydrogen (secondary N) is 5. The van der Waals surface area contributed by atoms with E-state index in [0.717, 1.165) is 29.3 Å². The van der Waals surface area contributed by atoms with Crippen molar-refractivity contribution in [1.82, 2.24) is 25.9 Å². The zero-order chi connectivity index (χ0) is 22.2. The Morgan fingerprint density at radius 1 is 0.750 bits per heavy atom. The van der Waals surface area contributed by atoms with Gasteiger partial charge in [-0.25, -0.2) is 0 Å². The molecular formula is C25H29N5O2. The molecule has 0 radical (unpaired) electrons. The molecule has 0 aliphatic heterocycles. The summed E-state index contributed by atoms with van der Waals surface area (Å²) < 4.78 is 0. The van der Waals surface area contributed by atoms with Gasteiger partial charge in [-0.05, 0) is 30.5 Å². The summed E-state index contributed by atoms with van der Waals surface area (Å²) >= 11 is 0. The van der Waals surface area contributed by atoms with Crippen LogP contribution in [-0.4, -0.2) is 48.0 Å². The van der Waals surface area contributed by atoms with Crippen LogP contribution in [-0.2, 0) is 11.2 Å². The van der Waals surface area contributed by atoms with Crippen LogP contribution in [0, 0.1) is 0 Å². The van der Waals surface area contributed by atoms with E-state index in [1.54, 1.807) is 6.20 Å². The lowest BCUT2D eigenvalue weighted by Gasteiger charge is -2.08. The minimum Gasteiger partial charge on any atom is -0.361 e. The molecule has 0 fully saturated rings. The van der Waals surface area contributed by atoms with Gasteiger partial charge in [0.15, 0.2) is 0 Å². The largest absolute Gasteiger partial charge is 0.361 e. The van der Waals surface area contributed by atoms with Crippen LogP contribution in [0.25, 0.3) is 21.8 Å². The summed E-state index contributed by atoms with van der Waals surface area (Å²) in [6, 6.07) is 16.0. The number of hydrogen-bond acceptors (Lipinski definition) is 3. The molecule has 0 saturated heterocycles. The van der Waals surface area contributed by atoms with Gasteiger partial charge in [-0.15, -0.1) is 0 Å². The standard InChI is InChI=1S/C25H29N5O2/c31-24(11-5-6-18-16-29-22-9-3-1-7-19(18)22)27-14-12-26-13-15-28-25(32)21-17-30-23-10-4-2-8-20(21)23/h1-4,7-10,16-17,26,29-30H,5-6,11-15H2,(H,27,31)(H,28,32). The Balaban J connectivity index is 1.06. The second kappa shape index (κ2) is 10.6. The van der Waals surface area contributed by atoms with Gasteiger partial charge in [-0.2, -0.15) is 0 Å². The molecule has 0 bridgehead atoms. The van der Waals surface area contributed by atoms with E-state index >= 15 is 0 Å². The number of H-pyrrole nitrogens is 2. The molecule has 2 heterocycles. The van der Waals surface area contributed by atoms with Crippen LogP contribution in [0.1, 0.15) is 28.8 Å². The third kappa shape index (κ3) is 5.36. The third-order valence-corrected chi connectivity index (χ3v) is 5.57. The van der Waals surface area contributed by atoms with E-state index in [9.17, 15) is 9.59 Å². The Hall–Kier alpha value is -3.58. The summed E-state index contributed by atoms with van der Waals surface area (Å²) in [7, 11) is 0. The topological polar surface area (TPSA) is 102 Å². The first kappa shape index (κ1) is 21.6. The minimum atomic E-state index is -0.0900. The summed E-state index contributed by atoms with van der Waals surface area (Å²) in [6.07, 6.45) is 5.98. The summed E-state index contributed by atoms with van der Waals surface area (Å²) in [6.45, 7) is 2.40. The van der Waals surface area contributed by atoms with Gasteiger partial charge in [-0.1, -0.05) is 36.4 Å². The zero-order valence-electron chi connectivity index (χ0n) is 18.0. The van der Waals surface area contributed by atoms with Gasteiger partial charge >= 0.3 is 0 Å². The van der Waals surface area contributed by atoms with E-state index in [1.165, 1.54) is 10.9 Å². The first-order valence-corrected chi connectivity index (χ1v) is 11.1. The highest BCUT2D eigenvalue weighted by Gasteiger charge is 2.10. The van der Waals surface area contributed by atoms with Gasteiger partial charge in [0, 0.05) is 66.8 Å². The third-order valence-electron chi connectivity index (χ3n) is 5.57. The highest BCUT2D eigenvalue weighted by molar-refractivity contribution is 6.06. The van der Waals surface area contributed by atoms with Crippen LogP contribution < -0.4 is 16.0 Å². The number of hydrogen-bond donors (Lipinski definition) is 5. The number of benzene rings is 2. The number of fused-ring (bicyclic) bond motifs is 2. The summed E-state index contributed by atoms with van der Waals surface area (Å²) in [5, 5.41) is 11.2. The van der Waals surface area contributed by atoms with Crippen molar-refractivity contribution in [2.75, 3.05) is 26.2 Å². The quantitative estimate of drug-likeness (QED) is 0.236. The average molecular weight is 432 g/mol. The van der Waals surface area contributed by atoms with Crippen molar-refractivity contribution >= 4 is 33.6 Å². The van der Waals surface area contributed by atoms with Crippen molar-refractivity contribution in [2.24, 2.45) is 0 Å². The Morgan fingerprint density at radius 3 is 2.22 bits per heavy atom. The van der Waals surface area contributed by atoms with Gasteiger partial charge in [0.25, 0.3) is 5.91 Å². The first-order chi connectivity index (χ1) is 15.7. The molecule has 2 aromatic carbocycles. The fourth-order valence-electron chi connectivity index (χ4n) is 3.90. The van der Waals surface area contributed by atoms with Gasteiger partial charge in [-0.3, -0.25) is 9.59 Å². The number of rotatable bonds is 11. The summed E-state index contributed by atoms with van der Waals surface area (Å²) in [4.78, 5) is 30.8. The van der Waals surface area contributed by atoms with Crippen molar-refractivity contribution in [3.8, 4) is 0 Å². The number of amides is 2. The molecule has 4 rings (SSSR count). The molecule has 0 spiro atoms. The molecule has 2 aromatic heterocycles. The Morgan fingerprint density at radius 2 is 1.41 bits per heavy atom. The van der Waals surface area contributed by atoms with Crippen LogP contribution in [0.3, 0.4) is 0 Å². The van der Waals surface area contributed by atoms with Crippen LogP contribution in [0.5, 0.6) is 0 Å². The summed E-state index contributed by atoms with van der Waals surface area (Å²) in [5.74, 6) is -0.0213. The van der Waals surface area contributed by atoms with Crippen molar-refractivity contribution in [3.63, 3.8) is 0 Å². The molecule has 7 heteroatoms. The second-order valence-corrected chi connectivity index (χ2v) is 7.82. The van der Waals surface area contributed by atoms with E-state index in [1.807, 2.05) is 42.6 Å². The maximum absolute atomic E-state index is 12.3. The second-order valence-electron chi connectivity index (χ2n) is 7.82. The Bertz CT molecular complexity index is 1190. The number of aromatic nitrogens is 2. The maximum atomic E-state index is 12.3. The maximum Gasteiger partial charge on any atom is 0.253 e. The molecule has 166 valence electrons. The van der Waals surface area contributed by atoms with Crippen molar-refractivity contribution in [1.29, 1.82) is 0 Å². The molecule has 7 nitrogen and oxygen atoms in total. The normalized spacial score (nSPS) is 11.1. The number of aromatic amines is 2. The summed E-state index contributed by atoms with van der Waals surface area (Å²) in [5.41, 5.74) is 3.99. The van der Waals surface area contributed by atoms with Crippen LogP contribution in [0.2, 0.25) is 0 Å². The molecule has 5 N–H and O–H groups in total. The number of aryl methyl sites for hydroxylation is 1. The lowest BCUT2D eigenvalue weighted by molar-refractivity contribution is -0.121. The fourth-order valence-corrected chi connectivity index (χ4v) is 3.90. The van der Waals surface area contributed by atoms with Gasteiger partial charge in [0.2, 0.25) is 5.91 Å². The fraction of sp³-hybridized carbons (Fsp3) is 0.280. The predicted molar refractivity (Wildman–Crippen MR) is 128 cm³/mol. The predicted octanol–water partition coefficient (Wildman–Crippen LogP) is 3.11. The average Bonchev–Trinajstić information content (AvgIpc) is 3.43. The highest BCUT2D eigenvalue weighted by Crippen LogP contribution is 2.19. The van der Waals surface area contributed by atoms with E-state index < -0.39 is 0 Å². The first-order valence-electron chi connectivity index (χ1n) is 11.1. The van der Waals surface area contributed by atoms with E-state index in [2.05, 4.69) is 38.1 Å². The molecule has 0 saturated carbocycles. The molecule has 0 atom stereocenters. The number of para-hydroxylation sites is 2. The minimum absolute atomic E-state index is 0.0688. The highest BCUT2D eigenvalue weighted by atomic mass is 16.2. The SMILES string of the molecule is O=C(CCCc1c[nH]c2ccccc12)NCCNCCNC(=O)c1c[nH]c2ccccc12. The lowest BCUT2D eigenvalue weighted by Crippen LogP contribution is -2.36. The molecule has 0 aliphatic carbocycles. The van der Waals surface area contributed by atoms with E-state index in [-0.39, 0.29) is 11.8 Å².